The lowest BCUT2D eigenvalue weighted by atomic mass is 10.0. The van der Waals surface area contributed by atoms with E-state index in [1.807, 2.05) is 30.3 Å². The van der Waals surface area contributed by atoms with Gasteiger partial charge in [-0.25, -0.2) is 4.79 Å². The molecule has 1 aromatic carbocycles. The second-order valence-corrected chi connectivity index (χ2v) is 6.50. The Labute approximate surface area is 142 Å². The third kappa shape index (κ3) is 6.20. The predicted molar refractivity (Wildman–Crippen MR) is 90.7 cm³/mol. The number of carboxylic acid groups (broad SMARTS) is 1. The van der Waals surface area contributed by atoms with Gasteiger partial charge in [-0.1, -0.05) is 30.3 Å². The van der Waals surface area contributed by atoms with Crippen molar-refractivity contribution >= 4 is 12.0 Å². The molecule has 24 heavy (non-hydrogen) atoms. The first-order valence-electron chi connectivity index (χ1n) is 8.50. The van der Waals surface area contributed by atoms with Crippen molar-refractivity contribution in [2.45, 2.75) is 50.6 Å². The summed E-state index contributed by atoms with van der Waals surface area (Å²) in [5.41, 5.74) is 1.06. The molecule has 2 rings (SSSR count). The standard InChI is InChI=1S/C18H26N2O4/c21-12-14-6-7-15(11-14)19-18(24)20-16(8-9-17(22)23)10-13-4-2-1-3-5-13/h1-5,14-16,21H,6-12H2,(H,22,23)(H2,19,20,24)/t14-,15+,16?/m1/s1. The topological polar surface area (TPSA) is 98.7 Å². The number of nitrogens with one attached hydrogen (secondary N) is 2. The van der Waals surface area contributed by atoms with Gasteiger partial charge in [-0.2, -0.15) is 0 Å². The van der Waals surface area contributed by atoms with Crippen LogP contribution in [0.25, 0.3) is 0 Å². The summed E-state index contributed by atoms with van der Waals surface area (Å²) in [6.45, 7) is 0.162. The molecular weight excluding hydrogens is 308 g/mol. The van der Waals surface area contributed by atoms with E-state index in [0.717, 1.165) is 24.8 Å². The Bertz CT molecular complexity index is 535. The zero-order valence-electron chi connectivity index (χ0n) is 13.8. The van der Waals surface area contributed by atoms with Crippen molar-refractivity contribution in [3.8, 4) is 0 Å². The van der Waals surface area contributed by atoms with Crippen LogP contribution in [-0.2, 0) is 11.2 Å². The molecular formula is C18H26N2O4. The van der Waals surface area contributed by atoms with Crippen LogP contribution in [0.1, 0.15) is 37.7 Å². The van der Waals surface area contributed by atoms with Gasteiger partial charge in [0, 0.05) is 25.1 Å². The molecule has 1 aliphatic carbocycles. The number of hydrogen-bond donors (Lipinski definition) is 4. The lowest BCUT2D eigenvalue weighted by molar-refractivity contribution is -0.137. The van der Waals surface area contributed by atoms with Gasteiger partial charge in [0.1, 0.15) is 0 Å². The van der Waals surface area contributed by atoms with Gasteiger partial charge in [0.15, 0.2) is 0 Å². The summed E-state index contributed by atoms with van der Waals surface area (Å²) in [6.07, 6.45) is 3.61. The Morgan fingerprint density at radius 3 is 2.58 bits per heavy atom. The molecule has 0 bridgehead atoms. The van der Waals surface area contributed by atoms with Crippen molar-refractivity contribution in [2.75, 3.05) is 6.61 Å². The average Bonchev–Trinajstić information content (AvgIpc) is 3.01. The summed E-state index contributed by atoms with van der Waals surface area (Å²) in [5.74, 6) is -0.598. The molecule has 6 heteroatoms. The zero-order valence-corrected chi connectivity index (χ0v) is 13.8. The molecule has 1 saturated carbocycles. The van der Waals surface area contributed by atoms with E-state index in [-0.39, 0.29) is 37.1 Å². The number of aliphatic hydroxyl groups is 1. The third-order valence-electron chi connectivity index (χ3n) is 4.50. The molecule has 6 nitrogen and oxygen atoms in total. The highest BCUT2D eigenvalue weighted by Gasteiger charge is 2.26. The highest BCUT2D eigenvalue weighted by molar-refractivity contribution is 5.74. The molecule has 0 saturated heterocycles. The Morgan fingerprint density at radius 2 is 1.96 bits per heavy atom. The van der Waals surface area contributed by atoms with Gasteiger partial charge in [-0.15, -0.1) is 0 Å². The molecule has 0 spiro atoms. The molecule has 4 N–H and O–H groups in total. The van der Waals surface area contributed by atoms with Gasteiger partial charge in [0.2, 0.25) is 0 Å². The smallest absolute Gasteiger partial charge is 0.315 e. The summed E-state index contributed by atoms with van der Waals surface area (Å²) < 4.78 is 0. The second-order valence-electron chi connectivity index (χ2n) is 6.50. The molecule has 0 heterocycles. The lowest BCUT2D eigenvalue weighted by Crippen LogP contribution is -2.46. The van der Waals surface area contributed by atoms with Crippen molar-refractivity contribution < 1.29 is 19.8 Å². The van der Waals surface area contributed by atoms with E-state index in [1.165, 1.54) is 0 Å². The molecule has 1 fully saturated rings. The maximum Gasteiger partial charge on any atom is 0.315 e. The highest BCUT2D eigenvalue weighted by Crippen LogP contribution is 2.24. The van der Waals surface area contributed by atoms with Crippen LogP contribution in [0.4, 0.5) is 4.79 Å². The quantitative estimate of drug-likeness (QED) is 0.584. The normalized spacial score (nSPS) is 21.2. The van der Waals surface area contributed by atoms with Gasteiger partial charge in [-0.3, -0.25) is 4.79 Å². The monoisotopic (exact) mass is 334 g/mol. The number of urea groups is 1. The highest BCUT2D eigenvalue weighted by atomic mass is 16.4. The number of carboxylic acids is 1. The molecule has 0 aromatic heterocycles. The van der Waals surface area contributed by atoms with Crippen LogP contribution in [-0.4, -0.2) is 40.9 Å². The predicted octanol–water partition coefficient (Wildman–Crippen LogP) is 1.92. The Balaban J connectivity index is 1.86. The van der Waals surface area contributed by atoms with Gasteiger partial charge in [0.05, 0.1) is 0 Å². The first kappa shape index (κ1) is 18.3. The van der Waals surface area contributed by atoms with E-state index in [1.54, 1.807) is 0 Å². The van der Waals surface area contributed by atoms with Crippen LogP contribution in [0.2, 0.25) is 0 Å². The summed E-state index contributed by atoms with van der Waals surface area (Å²) in [5, 5.41) is 23.9. The maximum atomic E-state index is 12.2. The lowest BCUT2D eigenvalue weighted by Gasteiger charge is -2.21. The summed E-state index contributed by atoms with van der Waals surface area (Å²) in [4.78, 5) is 23.0. The van der Waals surface area contributed by atoms with E-state index in [2.05, 4.69) is 10.6 Å². The van der Waals surface area contributed by atoms with Crippen molar-refractivity contribution in [1.29, 1.82) is 0 Å². The molecule has 2 amide bonds. The van der Waals surface area contributed by atoms with Crippen molar-refractivity contribution in [2.24, 2.45) is 5.92 Å². The maximum absolute atomic E-state index is 12.2. The van der Waals surface area contributed by atoms with Crippen molar-refractivity contribution in [3.05, 3.63) is 35.9 Å². The molecule has 0 aliphatic heterocycles. The zero-order chi connectivity index (χ0) is 17.4. The fraction of sp³-hybridized carbons (Fsp3) is 0.556. The Morgan fingerprint density at radius 1 is 1.21 bits per heavy atom. The number of amides is 2. The number of carbonyl (C=O) groups is 2. The van der Waals surface area contributed by atoms with Gasteiger partial charge in [0.25, 0.3) is 0 Å². The van der Waals surface area contributed by atoms with Crippen LogP contribution in [0, 0.1) is 5.92 Å². The number of rotatable bonds is 8. The largest absolute Gasteiger partial charge is 0.481 e. The minimum atomic E-state index is -0.864. The van der Waals surface area contributed by atoms with Gasteiger partial charge >= 0.3 is 12.0 Å². The van der Waals surface area contributed by atoms with Crippen LogP contribution < -0.4 is 10.6 Å². The van der Waals surface area contributed by atoms with Crippen molar-refractivity contribution in [3.63, 3.8) is 0 Å². The average molecular weight is 334 g/mol. The van der Waals surface area contributed by atoms with Crippen LogP contribution >= 0.6 is 0 Å². The summed E-state index contributed by atoms with van der Waals surface area (Å²) in [7, 11) is 0. The van der Waals surface area contributed by atoms with E-state index < -0.39 is 5.97 Å². The van der Waals surface area contributed by atoms with Crippen LogP contribution in [0.5, 0.6) is 0 Å². The molecule has 1 unspecified atom stereocenters. The second kappa shape index (κ2) is 9.27. The SMILES string of the molecule is O=C(O)CCC(Cc1ccccc1)NC(=O)N[C@H]1CC[C@@H](CO)C1. The number of aliphatic hydroxyl groups excluding tert-OH is 1. The van der Waals surface area contributed by atoms with E-state index in [9.17, 15) is 9.59 Å². The first-order valence-corrected chi connectivity index (χ1v) is 8.50. The summed E-state index contributed by atoms with van der Waals surface area (Å²) >= 11 is 0. The van der Waals surface area contributed by atoms with Crippen molar-refractivity contribution in [1.82, 2.24) is 10.6 Å². The molecule has 132 valence electrons. The first-order chi connectivity index (χ1) is 11.6. The number of aliphatic carboxylic acids is 1. The number of hydrogen-bond acceptors (Lipinski definition) is 3. The van der Waals surface area contributed by atoms with E-state index in [4.69, 9.17) is 10.2 Å². The molecule has 3 atom stereocenters. The fourth-order valence-electron chi connectivity index (χ4n) is 3.21. The third-order valence-corrected chi connectivity index (χ3v) is 4.50. The van der Waals surface area contributed by atoms with E-state index >= 15 is 0 Å². The van der Waals surface area contributed by atoms with Crippen LogP contribution in [0.15, 0.2) is 30.3 Å². The fourth-order valence-corrected chi connectivity index (χ4v) is 3.21. The van der Waals surface area contributed by atoms with Crippen LogP contribution in [0.3, 0.4) is 0 Å². The summed E-state index contributed by atoms with van der Waals surface area (Å²) in [6, 6.07) is 9.32. The van der Waals surface area contributed by atoms with E-state index in [0.29, 0.717) is 12.8 Å². The van der Waals surface area contributed by atoms with Gasteiger partial charge in [-0.05, 0) is 43.6 Å². The number of carbonyl (C=O) groups excluding carboxylic acids is 1. The molecule has 0 radical (unpaired) electrons. The minimum Gasteiger partial charge on any atom is -0.481 e. The molecule has 1 aromatic rings. The Hall–Kier alpha value is -2.08. The Kier molecular flexibility index (Phi) is 7.06. The van der Waals surface area contributed by atoms with Gasteiger partial charge < -0.3 is 20.8 Å². The molecule has 1 aliphatic rings. The minimum absolute atomic E-state index is 0.0216. The number of benzene rings is 1.